The summed E-state index contributed by atoms with van der Waals surface area (Å²) in [5.41, 5.74) is 0.468. The SMILES string of the molecule is COc1ccc([N+](=O)[O-])cc1NC(=O)CN1CC(=O)Oc2ccc(Cl)cc21. The van der Waals surface area contributed by atoms with Gasteiger partial charge in [0.2, 0.25) is 5.91 Å². The largest absolute Gasteiger partial charge is 0.495 e. The normalized spacial score (nSPS) is 12.8. The Kier molecular flexibility index (Phi) is 5.13. The van der Waals surface area contributed by atoms with Crippen molar-refractivity contribution in [2.75, 3.05) is 30.4 Å². The lowest BCUT2D eigenvalue weighted by Crippen LogP contribution is -2.41. The maximum absolute atomic E-state index is 12.5. The highest BCUT2D eigenvalue weighted by Crippen LogP contribution is 2.34. The van der Waals surface area contributed by atoms with E-state index < -0.39 is 16.8 Å². The number of halogens is 1. The summed E-state index contributed by atoms with van der Waals surface area (Å²) >= 11 is 5.98. The molecule has 0 radical (unpaired) electrons. The molecule has 0 spiro atoms. The standard InChI is InChI=1S/C17H14ClN3O6/c1-26-14-5-3-11(21(24)25)7-12(14)19-16(22)8-20-9-17(23)27-15-4-2-10(18)6-13(15)20/h2-7H,8-9H2,1H3,(H,19,22). The number of hydrogen-bond donors (Lipinski definition) is 1. The molecular weight excluding hydrogens is 378 g/mol. The molecule has 0 bridgehead atoms. The minimum Gasteiger partial charge on any atom is -0.495 e. The van der Waals surface area contributed by atoms with Crippen LogP contribution in [0.25, 0.3) is 0 Å². The van der Waals surface area contributed by atoms with Crippen LogP contribution in [0.1, 0.15) is 0 Å². The molecule has 3 rings (SSSR count). The number of fused-ring (bicyclic) bond motifs is 1. The molecule has 1 amide bonds. The third kappa shape index (κ3) is 4.09. The number of nitrogens with zero attached hydrogens (tertiary/aromatic N) is 2. The van der Waals surface area contributed by atoms with Crippen molar-refractivity contribution in [2.24, 2.45) is 0 Å². The van der Waals surface area contributed by atoms with Gasteiger partial charge in [0.1, 0.15) is 12.3 Å². The first-order valence-electron chi connectivity index (χ1n) is 7.75. The lowest BCUT2D eigenvalue weighted by atomic mass is 10.2. The second kappa shape index (κ2) is 7.50. The molecule has 27 heavy (non-hydrogen) atoms. The van der Waals surface area contributed by atoms with Gasteiger partial charge in [0.15, 0.2) is 5.75 Å². The molecule has 0 aliphatic carbocycles. The fourth-order valence-corrected chi connectivity index (χ4v) is 2.80. The zero-order valence-electron chi connectivity index (χ0n) is 14.1. The van der Waals surface area contributed by atoms with Gasteiger partial charge in [0, 0.05) is 17.2 Å². The summed E-state index contributed by atoms with van der Waals surface area (Å²) in [6.07, 6.45) is 0. The van der Waals surface area contributed by atoms with E-state index in [1.165, 1.54) is 30.2 Å². The van der Waals surface area contributed by atoms with Gasteiger partial charge >= 0.3 is 5.97 Å². The Hall–Kier alpha value is -3.33. The van der Waals surface area contributed by atoms with Crippen molar-refractivity contribution in [3.8, 4) is 11.5 Å². The average Bonchev–Trinajstić information content (AvgIpc) is 2.62. The first-order chi connectivity index (χ1) is 12.9. The summed E-state index contributed by atoms with van der Waals surface area (Å²) in [6.45, 7) is -0.318. The number of rotatable bonds is 5. The number of nitro groups is 1. The van der Waals surface area contributed by atoms with Crippen LogP contribution in [0, 0.1) is 10.1 Å². The van der Waals surface area contributed by atoms with E-state index in [4.69, 9.17) is 21.1 Å². The molecule has 0 fully saturated rings. The molecule has 2 aromatic rings. The highest BCUT2D eigenvalue weighted by molar-refractivity contribution is 6.31. The molecule has 0 aromatic heterocycles. The highest BCUT2D eigenvalue weighted by atomic mass is 35.5. The lowest BCUT2D eigenvalue weighted by Gasteiger charge is -2.29. The summed E-state index contributed by atoms with van der Waals surface area (Å²) in [4.78, 5) is 36.1. The van der Waals surface area contributed by atoms with E-state index >= 15 is 0 Å². The molecule has 1 N–H and O–H groups in total. The number of ether oxygens (including phenoxy) is 2. The third-order valence-electron chi connectivity index (χ3n) is 3.81. The fraction of sp³-hybridized carbons (Fsp3) is 0.176. The first kappa shape index (κ1) is 18.5. The number of nitrogens with one attached hydrogen (secondary N) is 1. The van der Waals surface area contributed by atoms with E-state index in [1.54, 1.807) is 18.2 Å². The number of benzene rings is 2. The minimum absolute atomic E-state index is 0.132. The van der Waals surface area contributed by atoms with Crippen LogP contribution in [-0.4, -0.2) is 37.0 Å². The molecule has 0 saturated carbocycles. The van der Waals surface area contributed by atoms with Crippen LogP contribution in [0.15, 0.2) is 36.4 Å². The topological polar surface area (TPSA) is 111 Å². The molecule has 10 heteroatoms. The maximum Gasteiger partial charge on any atom is 0.331 e. The van der Waals surface area contributed by atoms with Crippen molar-refractivity contribution in [3.63, 3.8) is 0 Å². The summed E-state index contributed by atoms with van der Waals surface area (Å²) in [5, 5.41) is 13.9. The van der Waals surface area contributed by atoms with E-state index in [0.29, 0.717) is 16.5 Å². The zero-order chi connectivity index (χ0) is 19.6. The summed E-state index contributed by atoms with van der Waals surface area (Å²) in [5.74, 6) is -0.424. The average molecular weight is 392 g/mol. The monoisotopic (exact) mass is 391 g/mol. The van der Waals surface area contributed by atoms with Crippen LogP contribution in [0.2, 0.25) is 5.02 Å². The van der Waals surface area contributed by atoms with Crippen LogP contribution >= 0.6 is 11.6 Å². The number of carbonyl (C=O) groups excluding carboxylic acids is 2. The quantitative estimate of drug-likeness (QED) is 0.361. The van der Waals surface area contributed by atoms with Crippen LogP contribution in [-0.2, 0) is 9.59 Å². The maximum atomic E-state index is 12.5. The second-order valence-electron chi connectivity index (χ2n) is 5.63. The van der Waals surface area contributed by atoms with Gasteiger partial charge in [-0.3, -0.25) is 14.9 Å². The van der Waals surface area contributed by atoms with Crippen molar-refractivity contribution in [1.29, 1.82) is 0 Å². The van der Waals surface area contributed by atoms with Crippen LogP contribution < -0.4 is 19.7 Å². The van der Waals surface area contributed by atoms with Gasteiger partial charge in [-0.25, -0.2) is 4.79 Å². The number of hydrogen-bond acceptors (Lipinski definition) is 7. The van der Waals surface area contributed by atoms with Crippen molar-refractivity contribution in [2.45, 2.75) is 0 Å². The predicted molar refractivity (Wildman–Crippen MR) is 97.6 cm³/mol. The van der Waals surface area contributed by atoms with Gasteiger partial charge in [-0.15, -0.1) is 0 Å². The smallest absolute Gasteiger partial charge is 0.331 e. The Morgan fingerprint density at radius 1 is 1.37 bits per heavy atom. The van der Waals surface area contributed by atoms with Crippen LogP contribution in [0.4, 0.5) is 17.1 Å². The fourth-order valence-electron chi connectivity index (χ4n) is 2.63. The van der Waals surface area contributed by atoms with Crippen molar-refractivity contribution >= 4 is 40.5 Å². The van der Waals surface area contributed by atoms with Crippen molar-refractivity contribution in [1.82, 2.24) is 0 Å². The second-order valence-corrected chi connectivity index (χ2v) is 6.07. The van der Waals surface area contributed by atoms with Gasteiger partial charge in [-0.1, -0.05) is 11.6 Å². The molecule has 140 valence electrons. The summed E-state index contributed by atoms with van der Waals surface area (Å²) < 4.78 is 10.2. The number of esters is 1. The molecule has 0 atom stereocenters. The van der Waals surface area contributed by atoms with E-state index in [-0.39, 0.29) is 30.2 Å². The Morgan fingerprint density at radius 3 is 2.85 bits per heavy atom. The highest BCUT2D eigenvalue weighted by Gasteiger charge is 2.26. The molecule has 1 heterocycles. The van der Waals surface area contributed by atoms with Gasteiger partial charge in [-0.05, 0) is 24.3 Å². The number of methoxy groups -OCH3 is 1. The van der Waals surface area contributed by atoms with E-state index in [9.17, 15) is 19.7 Å². The zero-order valence-corrected chi connectivity index (χ0v) is 14.9. The van der Waals surface area contributed by atoms with Crippen LogP contribution in [0.3, 0.4) is 0 Å². The number of anilines is 2. The summed E-state index contributed by atoms with van der Waals surface area (Å²) in [7, 11) is 1.38. The van der Waals surface area contributed by atoms with Crippen molar-refractivity contribution in [3.05, 3.63) is 51.5 Å². The molecule has 1 aliphatic rings. The van der Waals surface area contributed by atoms with Gasteiger partial charge in [-0.2, -0.15) is 0 Å². The number of non-ortho nitro benzene ring substituents is 1. The Bertz CT molecular complexity index is 933. The predicted octanol–water partition coefficient (Wildman–Crippen LogP) is 2.62. The number of amides is 1. The lowest BCUT2D eigenvalue weighted by molar-refractivity contribution is -0.384. The molecule has 0 saturated heterocycles. The Morgan fingerprint density at radius 2 is 2.15 bits per heavy atom. The Balaban J connectivity index is 1.81. The molecule has 1 aliphatic heterocycles. The van der Waals surface area contributed by atoms with Gasteiger partial charge in [0.05, 0.1) is 30.0 Å². The first-order valence-corrected chi connectivity index (χ1v) is 8.12. The van der Waals surface area contributed by atoms with Gasteiger partial charge in [0.25, 0.3) is 5.69 Å². The van der Waals surface area contributed by atoms with Crippen molar-refractivity contribution < 1.29 is 24.0 Å². The van der Waals surface area contributed by atoms with Gasteiger partial charge < -0.3 is 19.7 Å². The molecule has 9 nitrogen and oxygen atoms in total. The Labute approximate surface area is 158 Å². The molecule has 2 aromatic carbocycles. The van der Waals surface area contributed by atoms with Crippen LogP contribution in [0.5, 0.6) is 11.5 Å². The third-order valence-corrected chi connectivity index (χ3v) is 4.04. The van der Waals surface area contributed by atoms with E-state index in [2.05, 4.69) is 5.32 Å². The minimum atomic E-state index is -0.575. The molecular formula is C17H14ClN3O6. The number of nitro benzene ring substituents is 1. The van der Waals surface area contributed by atoms with E-state index in [0.717, 1.165) is 0 Å². The molecule has 0 unspecified atom stereocenters. The summed E-state index contributed by atoms with van der Waals surface area (Å²) in [6, 6.07) is 8.57. The number of carbonyl (C=O) groups is 2. The van der Waals surface area contributed by atoms with E-state index in [1.807, 2.05) is 0 Å².